The van der Waals surface area contributed by atoms with E-state index in [0.29, 0.717) is 16.8 Å². The van der Waals surface area contributed by atoms with Crippen LogP contribution in [-0.4, -0.2) is 46.9 Å². The van der Waals surface area contributed by atoms with E-state index >= 15 is 0 Å². The second-order valence-corrected chi connectivity index (χ2v) is 10.9. The van der Waals surface area contributed by atoms with Crippen LogP contribution in [-0.2, 0) is 0 Å². The van der Waals surface area contributed by atoms with Crippen molar-refractivity contribution in [2.75, 3.05) is 41.7 Å². The van der Waals surface area contributed by atoms with Gasteiger partial charge in [-0.25, -0.2) is 18.4 Å². The van der Waals surface area contributed by atoms with Crippen LogP contribution in [0, 0.1) is 5.41 Å². The first-order valence-electron chi connectivity index (χ1n) is 13.1. The zero-order chi connectivity index (χ0) is 25.2. The van der Waals surface area contributed by atoms with Gasteiger partial charge in [0.1, 0.15) is 0 Å². The first kappa shape index (κ1) is 22.6. The molecule has 1 spiro atoms. The van der Waals surface area contributed by atoms with Crippen molar-refractivity contribution >= 4 is 28.2 Å². The van der Waals surface area contributed by atoms with Gasteiger partial charge in [0.15, 0.2) is 11.4 Å². The molecule has 4 aromatic rings. The van der Waals surface area contributed by atoms with Gasteiger partial charge in [-0.05, 0) is 61.4 Å². The maximum Gasteiger partial charge on any atom is 0.251 e. The summed E-state index contributed by atoms with van der Waals surface area (Å²) >= 11 is 0. The minimum atomic E-state index is -2.62. The number of piperidine rings is 2. The van der Waals surface area contributed by atoms with E-state index in [9.17, 15) is 8.78 Å². The summed E-state index contributed by atoms with van der Waals surface area (Å²) in [6, 6.07) is 9.82. The molecule has 7 rings (SSSR count). The lowest BCUT2D eigenvalue weighted by atomic mass is 9.93. The molecule has 2 saturated heterocycles. The molecular formula is C28H30F2N6O. The van der Waals surface area contributed by atoms with Crippen molar-refractivity contribution in [1.29, 1.82) is 0 Å². The molecule has 2 N–H and O–H groups in total. The summed E-state index contributed by atoms with van der Waals surface area (Å²) in [5.74, 6) is -2.02. The third-order valence-corrected chi connectivity index (χ3v) is 8.46. The zero-order valence-electron chi connectivity index (χ0n) is 20.7. The van der Waals surface area contributed by atoms with Gasteiger partial charge in [-0.15, -0.1) is 0 Å². The van der Waals surface area contributed by atoms with Gasteiger partial charge in [-0.2, -0.15) is 5.10 Å². The van der Waals surface area contributed by atoms with Gasteiger partial charge >= 0.3 is 0 Å². The predicted octanol–water partition coefficient (Wildman–Crippen LogP) is 5.88. The minimum Gasteiger partial charge on any atom is -0.460 e. The largest absolute Gasteiger partial charge is 0.460 e. The number of halogens is 2. The van der Waals surface area contributed by atoms with E-state index in [-0.39, 0.29) is 25.9 Å². The number of rotatable bonds is 4. The lowest BCUT2D eigenvalue weighted by molar-refractivity contribution is -0.0221. The second-order valence-electron chi connectivity index (χ2n) is 10.9. The Labute approximate surface area is 213 Å². The summed E-state index contributed by atoms with van der Waals surface area (Å²) in [5, 5.41) is 5.58. The van der Waals surface area contributed by atoms with Gasteiger partial charge in [-0.1, -0.05) is 0 Å². The summed E-state index contributed by atoms with van der Waals surface area (Å²) in [4.78, 5) is 9.20. The van der Waals surface area contributed by atoms with E-state index in [2.05, 4.69) is 4.90 Å². The lowest BCUT2D eigenvalue weighted by Gasteiger charge is -2.35. The Bertz CT molecular complexity index is 1450. The highest BCUT2D eigenvalue weighted by molar-refractivity contribution is 5.90. The highest BCUT2D eigenvalue weighted by atomic mass is 19.3. The SMILES string of the molecule is Nc1ccc(-n2cc(-c3cc4ccoc4c(N4CCC(F)(F)CC4)n3)cn2)c(N2CCC3(CC2)CC3)c1. The number of nitrogens with zero attached hydrogens (tertiary/aromatic N) is 5. The Morgan fingerprint density at radius 1 is 0.865 bits per heavy atom. The standard InChI is InChI=1S/C28H30F2N6O/c29-28(30)8-12-35(13-9-28)26-25-19(3-14-37-25)15-22(33-26)20-17-32-36(18-20)23-2-1-21(31)16-24(23)34-10-6-27(4-5-27)7-11-34/h1-3,14-18H,4-13,31H2. The number of furan rings is 1. The maximum absolute atomic E-state index is 13.8. The molecule has 3 fully saturated rings. The predicted molar refractivity (Wildman–Crippen MR) is 140 cm³/mol. The number of hydrogen-bond acceptors (Lipinski definition) is 6. The number of fused-ring (bicyclic) bond motifs is 1. The van der Waals surface area contributed by atoms with Crippen LogP contribution in [0.1, 0.15) is 38.5 Å². The van der Waals surface area contributed by atoms with Crippen molar-refractivity contribution < 1.29 is 13.2 Å². The molecule has 3 aliphatic rings. The van der Waals surface area contributed by atoms with Gasteiger partial charge in [0.05, 0.1) is 29.5 Å². The van der Waals surface area contributed by atoms with Gasteiger partial charge in [0.2, 0.25) is 0 Å². The van der Waals surface area contributed by atoms with Crippen LogP contribution in [0.4, 0.5) is 26.0 Å². The Morgan fingerprint density at radius 2 is 1.62 bits per heavy atom. The van der Waals surface area contributed by atoms with Crippen molar-refractivity contribution in [1.82, 2.24) is 14.8 Å². The number of nitrogen functional groups attached to an aromatic ring is 1. The molecule has 5 heterocycles. The summed E-state index contributed by atoms with van der Waals surface area (Å²) in [6.07, 6.45) is 10.2. The Kier molecular flexibility index (Phi) is 5.00. The summed E-state index contributed by atoms with van der Waals surface area (Å²) in [7, 11) is 0. The fourth-order valence-electron chi connectivity index (χ4n) is 5.84. The fraction of sp³-hybridized carbons (Fsp3) is 0.429. The molecule has 1 aliphatic carbocycles. The molecule has 0 amide bonds. The average Bonchev–Trinajstić information content (AvgIpc) is 3.27. The summed E-state index contributed by atoms with van der Waals surface area (Å²) in [5.41, 5.74) is 11.8. The first-order valence-corrected chi connectivity index (χ1v) is 13.1. The number of anilines is 3. The lowest BCUT2D eigenvalue weighted by Crippen LogP contribution is -2.39. The van der Waals surface area contributed by atoms with Crippen molar-refractivity contribution in [3.8, 4) is 16.9 Å². The van der Waals surface area contributed by atoms with Crippen LogP contribution in [0.2, 0.25) is 0 Å². The first-order chi connectivity index (χ1) is 17.9. The molecular weight excluding hydrogens is 474 g/mol. The van der Waals surface area contributed by atoms with Crippen LogP contribution in [0.25, 0.3) is 27.9 Å². The van der Waals surface area contributed by atoms with Gasteiger partial charge in [0.25, 0.3) is 5.92 Å². The van der Waals surface area contributed by atoms with Crippen LogP contribution in [0.5, 0.6) is 0 Å². The van der Waals surface area contributed by atoms with Crippen LogP contribution < -0.4 is 15.5 Å². The quantitative estimate of drug-likeness (QED) is 0.350. The topological polar surface area (TPSA) is 76.4 Å². The van der Waals surface area contributed by atoms with Crippen molar-refractivity contribution in [3.63, 3.8) is 0 Å². The van der Waals surface area contributed by atoms with Gasteiger partial charge in [-0.3, -0.25) is 0 Å². The summed E-state index contributed by atoms with van der Waals surface area (Å²) in [6.45, 7) is 2.54. The van der Waals surface area contributed by atoms with E-state index in [1.165, 1.54) is 25.7 Å². The van der Waals surface area contributed by atoms with Gasteiger partial charge < -0.3 is 20.0 Å². The van der Waals surface area contributed by atoms with Crippen LogP contribution >= 0.6 is 0 Å². The van der Waals surface area contributed by atoms with Crippen molar-refractivity contribution in [2.45, 2.75) is 44.4 Å². The van der Waals surface area contributed by atoms with E-state index in [0.717, 1.165) is 46.8 Å². The molecule has 37 heavy (non-hydrogen) atoms. The minimum absolute atomic E-state index is 0.184. The zero-order valence-corrected chi connectivity index (χ0v) is 20.7. The smallest absolute Gasteiger partial charge is 0.251 e. The average molecular weight is 505 g/mol. The number of hydrogen-bond donors (Lipinski definition) is 1. The molecule has 2 aliphatic heterocycles. The molecule has 0 bridgehead atoms. The number of alkyl halides is 2. The fourth-order valence-corrected chi connectivity index (χ4v) is 5.84. The number of pyridine rings is 1. The molecule has 9 heteroatoms. The molecule has 3 aromatic heterocycles. The third-order valence-electron chi connectivity index (χ3n) is 8.46. The highest BCUT2D eigenvalue weighted by Gasteiger charge is 2.44. The van der Waals surface area contributed by atoms with E-state index in [4.69, 9.17) is 20.2 Å². The monoisotopic (exact) mass is 504 g/mol. The number of aromatic nitrogens is 3. The summed E-state index contributed by atoms with van der Waals surface area (Å²) < 4.78 is 35.2. The van der Waals surface area contributed by atoms with Crippen LogP contribution in [0.3, 0.4) is 0 Å². The van der Waals surface area contributed by atoms with Crippen molar-refractivity contribution in [3.05, 3.63) is 49.0 Å². The molecule has 0 atom stereocenters. The second kappa shape index (κ2) is 8.19. The van der Waals surface area contributed by atoms with Crippen molar-refractivity contribution in [2.24, 2.45) is 5.41 Å². The third kappa shape index (κ3) is 4.10. The number of nitrogens with two attached hydrogens (primary N) is 1. The Morgan fingerprint density at radius 3 is 2.38 bits per heavy atom. The van der Waals surface area contributed by atoms with E-state index in [1.54, 1.807) is 12.5 Å². The molecule has 1 aromatic carbocycles. The van der Waals surface area contributed by atoms with Gasteiger partial charge in [0, 0.05) is 61.9 Å². The molecule has 1 saturated carbocycles. The normalized spacial score (nSPS) is 20.6. The Hall–Kier alpha value is -3.62. The maximum atomic E-state index is 13.8. The highest BCUT2D eigenvalue weighted by Crippen LogP contribution is 2.54. The molecule has 7 nitrogen and oxygen atoms in total. The van der Waals surface area contributed by atoms with E-state index in [1.807, 2.05) is 46.1 Å². The molecule has 0 unspecified atom stereocenters. The van der Waals surface area contributed by atoms with E-state index < -0.39 is 5.92 Å². The Balaban J connectivity index is 1.22. The number of benzene rings is 1. The van der Waals surface area contributed by atoms with Crippen LogP contribution in [0.15, 0.2) is 53.4 Å². The molecule has 192 valence electrons. The molecule has 0 radical (unpaired) electrons.